The van der Waals surface area contributed by atoms with Crippen molar-refractivity contribution < 1.29 is 5.11 Å². The van der Waals surface area contributed by atoms with Gasteiger partial charge < -0.3 is 5.11 Å². The molecular formula is C11H22O. The first kappa shape index (κ1) is 11.7. The molecule has 0 aliphatic rings. The second-order valence-corrected chi connectivity index (χ2v) is 4.10. The minimum atomic E-state index is -0.607. The predicted molar refractivity (Wildman–Crippen MR) is 54.1 cm³/mol. The molecule has 0 aliphatic carbocycles. The van der Waals surface area contributed by atoms with Crippen LogP contribution in [-0.2, 0) is 0 Å². The van der Waals surface area contributed by atoms with Crippen molar-refractivity contribution in [1.29, 1.82) is 0 Å². The van der Waals surface area contributed by atoms with E-state index in [1.165, 1.54) is 0 Å². The summed E-state index contributed by atoms with van der Waals surface area (Å²) in [5.74, 6) is 0.805. The molecular weight excluding hydrogens is 148 g/mol. The minimum absolute atomic E-state index is 0.289. The first-order chi connectivity index (χ1) is 5.42. The van der Waals surface area contributed by atoms with Crippen LogP contribution in [0.25, 0.3) is 0 Å². The first-order valence-corrected chi connectivity index (χ1v) is 4.84. The van der Waals surface area contributed by atoms with Gasteiger partial charge in [-0.15, -0.1) is 0 Å². The van der Waals surface area contributed by atoms with E-state index in [1.807, 2.05) is 26.8 Å². The summed E-state index contributed by atoms with van der Waals surface area (Å²) in [5, 5.41) is 10.1. The molecule has 0 spiro atoms. The van der Waals surface area contributed by atoms with E-state index in [-0.39, 0.29) is 5.92 Å². The van der Waals surface area contributed by atoms with E-state index in [1.54, 1.807) is 0 Å². The third-order valence-electron chi connectivity index (χ3n) is 2.34. The van der Waals surface area contributed by atoms with Gasteiger partial charge >= 0.3 is 0 Å². The second kappa shape index (κ2) is 4.66. The third kappa shape index (κ3) is 3.40. The summed E-state index contributed by atoms with van der Waals surface area (Å²) in [6.07, 6.45) is 4.81. The molecule has 0 amide bonds. The zero-order chi connectivity index (χ0) is 9.78. The molecule has 0 radical (unpaired) electrons. The highest BCUT2D eigenvalue weighted by Gasteiger charge is 2.24. The molecule has 0 saturated carbocycles. The van der Waals surface area contributed by atoms with E-state index in [4.69, 9.17) is 0 Å². The molecule has 0 aromatic rings. The standard InChI is InChI=1S/C11H22O/c1-6-11(12,10(4)5)8-7-9(2)3/h7-10,12H,6H2,1-5H3/b8-7+. The highest BCUT2D eigenvalue weighted by Crippen LogP contribution is 2.22. The Morgan fingerprint density at radius 1 is 1.25 bits per heavy atom. The van der Waals surface area contributed by atoms with E-state index >= 15 is 0 Å². The lowest BCUT2D eigenvalue weighted by molar-refractivity contribution is 0.0391. The lowest BCUT2D eigenvalue weighted by Gasteiger charge is -2.27. The van der Waals surface area contributed by atoms with E-state index in [9.17, 15) is 5.11 Å². The molecule has 0 heterocycles. The number of rotatable bonds is 4. The molecule has 0 fully saturated rings. The maximum atomic E-state index is 10.1. The quantitative estimate of drug-likeness (QED) is 0.643. The van der Waals surface area contributed by atoms with Crippen molar-refractivity contribution >= 4 is 0 Å². The van der Waals surface area contributed by atoms with Gasteiger partial charge in [0.05, 0.1) is 5.60 Å². The van der Waals surface area contributed by atoms with Gasteiger partial charge in [0, 0.05) is 0 Å². The van der Waals surface area contributed by atoms with Crippen LogP contribution in [0.4, 0.5) is 0 Å². The number of allylic oxidation sites excluding steroid dienone is 1. The van der Waals surface area contributed by atoms with Crippen LogP contribution in [0.2, 0.25) is 0 Å². The molecule has 0 aromatic carbocycles. The fraction of sp³-hybridized carbons (Fsp3) is 0.818. The van der Waals surface area contributed by atoms with Crippen LogP contribution < -0.4 is 0 Å². The predicted octanol–water partition coefficient (Wildman–Crippen LogP) is 3.00. The van der Waals surface area contributed by atoms with Crippen LogP contribution in [-0.4, -0.2) is 10.7 Å². The van der Waals surface area contributed by atoms with Crippen LogP contribution in [0.1, 0.15) is 41.0 Å². The van der Waals surface area contributed by atoms with E-state index in [2.05, 4.69) is 19.9 Å². The Hall–Kier alpha value is -0.300. The first-order valence-electron chi connectivity index (χ1n) is 4.84. The maximum Gasteiger partial charge on any atom is 0.0847 e. The van der Waals surface area contributed by atoms with E-state index < -0.39 is 5.60 Å². The Kier molecular flexibility index (Phi) is 4.54. The van der Waals surface area contributed by atoms with Gasteiger partial charge in [0.2, 0.25) is 0 Å². The van der Waals surface area contributed by atoms with Crippen molar-refractivity contribution in [3.63, 3.8) is 0 Å². The average molecular weight is 170 g/mol. The lowest BCUT2D eigenvalue weighted by Crippen LogP contribution is -2.31. The average Bonchev–Trinajstić information content (AvgIpc) is 1.99. The van der Waals surface area contributed by atoms with Crippen molar-refractivity contribution in [2.24, 2.45) is 11.8 Å². The van der Waals surface area contributed by atoms with Crippen molar-refractivity contribution in [3.8, 4) is 0 Å². The molecule has 1 heteroatoms. The molecule has 12 heavy (non-hydrogen) atoms. The molecule has 1 unspecified atom stereocenters. The fourth-order valence-electron chi connectivity index (χ4n) is 1.08. The van der Waals surface area contributed by atoms with Gasteiger partial charge in [0.25, 0.3) is 0 Å². The van der Waals surface area contributed by atoms with Gasteiger partial charge in [-0.3, -0.25) is 0 Å². The molecule has 72 valence electrons. The van der Waals surface area contributed by atoms with Crippen molar-refractivity contribution in [2.75, 3.05) is 0 Å². The van der Waals surface area contributed by atoms with Crippen LogP contribution in [0, 0.1) is 11.8 Å². The second-order valence-electron chi connectivity index (χ2n) is 4.10. The zero-order valence-corrected chi connectivity index (χ0v) is 8.96. The summed E-state index contributed by atoms with van der Waals surface area (Å²) < 4.78 is 0. The number of hydrogen-bond acceptors (Lipinski definition) is 1. The Balaban J connectivity index is 4.33. The highest BCUT2D eigenvalue weighted by molar-refractivity contribution is 5.02. The lowest BCUT2D eigenvalue weighted by atomic mass is 9.87. The highest BCUT2D eigenvalue weighted by atomic mass is 16.3. The zero-order valence-electron chi connectivity index (χ0n) is 8.96. The normalized spacial score (nSPS) is 17.7. The van der Waals surface area contributed by atoms with Crippen LogP contribution in [0.3, 0.4) is 0 Å². The Labute approximate surface area is 76.5 Å². The van der Waals surface area contributed by atoms with Gasteiger partial charge in [-0.1, -0.05) is 46.8 Å². The topological polar surface area (TPSA) is 20.2 Å². The molecule has 1 N–H and O–H groups in total. The van der Waals surface area contributed by atoms with E-state index in [0.717, 1.165) is 6.42 Å². The SMILES string of the molecule is CCC(O)(/C=C/C(C)C)C(C)C. The Bertz CT molecular complexity index is 147. The van der Waals surface area contributed by atoms with Gasteiger partial charge in [-0.25, -0.2) is 0 Å². The smallest absolute Gasteiger partial charge is 0.0847 e. The number of hydrogen-bond donors (Lipinski definition) is 1. The summed E-state index contributed by atoms with van der Waals surface area (Å²) in [7, 11) is 0. The van der Waals surface area contributed by atoms with Gasteiger partial charge in [-0.2, -0.15) is 0 Å². The van der Waals surface area contributed by atoms with E-state index in [0.29, 0.717) is 5.92 Å². The minimum Gasteiger partial charge on any atom is -0.386 e. The van der Waals surface area contributed by atoms with Crippen LogP contribution >= 0.6 is 0 Å². The largest absolute Gasteiger partial charge is 0.386 e. The van der Waals surface area contributed by atoms with Gasteiger partial charge in [0.15, 0.2) is 0 Å². The Morgan fingerprint density at radius 2 is 1.75 bits per heavy atom. The van der Waals surface area contributed by atoms with Gasteiger partial charge in [-0.05, 0) is 18.3 Å². The Morgan fingerprint density at radius 3 is 2.00 bits per heavy atom. The monoisotopic (exact) mass is 170 g/mol. The molecule has 0 rings (SSSR count). The molecule has 0 aliphatic heterocycles. The summed E-state index contributed by atoms with van der Waals surface area (Å²) >= 11 is 0. The summed E-state index contributed by atoms with van der Waals surface area (Å²) in [5.41, 5.74) is -0.607. The number of aliphatic hydroxyl groups is 1. The molecule has 1 nitrogen and oxygen atoms in total. The maximum absolute atomic E-state index is 10.1. The molecule has 0 saturated heterocycles. The fourth-order valence-corrected chi connectivity index (χ4v) is 1.08. The van der Waals surface area contributed by atoms with Crippen molar-refractivity contribution in [3.05, 3.63) is 12.2 Å². The molecule has 0 aromatic heterocycles. The van der Waals surface area contributed by atoms with Crippen LogP contribution in [0.15, 0.2) is 12.2 Å². The summed E-state index contributed by atoms with van der Waals surface area (Å²) in [4.78, 5) is 0. The molecule has 0 bridgehead atoms. The molecule has 1 atom stereocenters. The van der Waals surface area contributed by atoms with Crippen molar-refractivity contribution in [2.45, 2.75) is 46.6 Å². The van der Waals surface area contributed by atoms with Crippen molar-refractivity contribution in [1.82, 2.24) is 0 Å². The third-order valence-corrected chi connectivity index (χ3v) is 2.34. The van der Waals surface area contributed by atoms with Gasteiger partial charge in [0.1, 0.15) is 0 Å². The summed E-state index contributed by atoms with van der Waals surface area (Å²) in [6.45, 7) is 10.4. The summed E-state index contributed by atoms with van der Waals surface area (Å²) in [6, 6.07) is 0. The van der Waals surface area contributed by atoms with Crippen LogP contribution in [0.5, 0.6) is 0 Å².